The van der Waals surface area contributed by atoms with Crippen molar-refractivity contribution in [2.45, 2.75) is 33.0 Å². The fourth-order valence-electron chi connectivity index (χ4n) is 3.10. The van der Waals surface area contributed by atoms with Gasteiger partial charge in [-0.05, 0) is 42.7 Å². The number of halogens is 1. The van der Waals surface area contributed by atoms with E-state index in [1.54, 1.807) is 7.11 Å². The summed E-state index contributed by atoms with van der Waals surface area (Å²) in [4.78, 5) is 0. The molecule has 3 aromatic carbocycles. The van der Waals surface area contributed by atoms with Crippen LogP contribution in [0.15, 0.2) is 66.7 Å². The van der Waals surface area contributed by atoms with Crippen molar-refractivity contribution in [3.63, 3.8) is 0 Å². The molecule has 4 heteroatoms. The second-order valence-electron chi connectivity index (χ2n) is 6.90. The minimum Gasteiger partial charge on any atom is -0.493 e. The van der Waals surface area contributed by atoms with Crippen molar-refractivity contribution >= 4 is 11.6 Å². The molecular weight excluding hydrogens is 370 g/mol. The Balaban J connectivity index is 1.68. The van der Waals surface area contributed by atoms with Gasteiger partial charge in [-0.25, -0.2) is 0 Å². The largest absolute Gasteiger partial charge is 0.493 e. The molecule has 146 valence electrons. The standard InChI is InChI=1S/C24H26ClNO2/c1-17-8-7-9-19(12-17)16-28-24-22(25)13-20(14-23(24)27-3)15-26-18(2)21-10-5-4-6-11-21/h4-14,18,26H,15-16H2,1-3H3/t18-/m1/s1. The Bertz CT molecular complexity index is 912. The van der Waals surface area contributed by atoms with Gasteiger partial charge >= 0.3 is 0 Å². The maximum absolute atomic E-state index is 6.51. The summed E-state index contributed by atoms with van der Waals surface area (Å²) in [5, 5.41) is 4.07. The van der Waals surface area contributed by atoms with Crippen LogP contribution in [-0.2, 0) is 13.2 Å². The van der Waals surface area contributed by atoms with Gasteiger partial charge in [0.05, 0.1) is 12.1 Å². The zero-order valence-electron chi connectivity index (χ0n) is 16.5. The minimum atomic E-state index is 0.239. The second-order valence-corrected chi connectivity index (χ2v) is 7.31. The molecule has 0 aliphatic carbocycles. The van der Waals surface area contributed by atoms with Gasteiger partial charge in [0.15, 0.2) is 11.5 Å². The first-order valence-electron chi connectivity index (χ1n) is 9.40. The van der Waals surface area contributed by atoms with Crippen LogP contribution >= 0.6 is 11.6 Å². The van der Waals surface area contributed by atoms with Gasteiger partial charge in [-0.15, -0.1) is 0 Å². The Kier molecular flexibility index (Phi) is 6.96. The molecule has 3 aromatic rings. The summed E-state index contributed by atoms with van der Waals surface area (Å²) in [5.41, 5.74) is 4.60. The van der Waals surface area contributed by atoms with Gasteiger partial charge in [0.1, 0.15) is 6.61 Å². The van der Waals surface area contributed by atoms with Crippen LogP contribution in [0.1, 0.15) is 35.2 Å². The Labute approximate surface area is 172 Å². The van der Waals surface area contributed by atoms with E-state index in [2.05, 4.69) is 43.4 Å². The van der Waals surface area contributed by atoms with Crippen LogP contribution in [0.4, 0.5) is 0 Å². The molecule has 0 fully saturated rings. The van der Waals surface area contributed by atoms with Gasteiger partial charge in [-0.2, -0.15) is 0 Å². The van der Waals surface area contributed by atoms with Crippen LogP contribution in [0.2, 0.25) is 5.02 Å². The topological polar surface area (TPSA) is 30.5 Å². The predicted octanol–water partition coefficient (Wildman–Crippen LogP) is 6.09. The van der Waals surface area contributed by atoms with E-state index in [-0.39, 0.29) is 6.04 Å². The molecule has 0 saturated heterocycles. The number of hydrogen-bond acceptors (Lipinski definition) is 3. The van der Waals surface area contributed by atoms with Gasteiger partial charge in [0, 0.05) is 12.6 Å². The first-order valence-corrected chi connectivity index (χ1v) is 9.77. The molecule has 1 atom stereocenters. The van der Waals surface area contributed by atoms with Crippen LogP contribution in [0.3, 0.4) is 0 Å². The first kappa shape index (κ1) is 20.2. The fraction of sp³-hybridized carbons (Fsp3) is 0.250. The third kappa shape index (κ3) is 5.28. The van der Waals surface area contributed by atoms with Gasteiger partial charge in [-0.3, -0.25) is 0 Å². The first-order chi connectivity index (χ1) is 13.6. The van der Waals surface area contributed by atoms with Crippen molar-refractivity contribution in [2.75, 3.05) is 7.11 Å². The monoisotopic (exact) mass is 395 g/mol. The maximum Gasteiger partial charge on any atom is 0.180 e. The lowest BCUT2D eigenvalue weighted by Gasteiger charge is -2.17. The van der Waals surface area contributed by atoms with E-state index in [9.17, 15) is 0 Å². The van der Waals surface area contributed by atoms with E-state index in [1.807, 2.05) is 42.5 Å². The van der Waals surface area contributed by atoms with Crippen molar-refractivity contribution in [3.8, 4) is 11.5 Å². The Morgan fingerprint density at radius 1 is 0.964 bits per heavy atom. The average Bonchev–Trinajstić information content (AvgIpc) is 2.71. The summed E-state index contributed by atoms with van der Waals surface area (Å²) < 4.78 is 11.5. The maximum atomic E-state index is 6.51. The SMILES string of the molecule is COc1cc(CN[C@H](C)c2ccccc2)cc(Cl)c1OCc1cccc(C)c1. The highest BCUT2D eigenvalue weighted by Gasteiger charge is 2.13. The summed E-state index contributed by atoms with van der Waals surface area (Å²) >= 11 is 6.51. The van der Waals surface area contributed by atoms with Crippen molar-refractivity contribution in [3.05, 3.63) is 94.0 Å². The van der Waals surface area contributed by atoms with E-state index in [1.165, 1.54) is 11.1 Å². The third-order valence-electron chi connectivity index (χ3n) is 4.67. The van der Waals surface area contributed by atoms with Crippen molar-refractivity contribution in [1.82, 2.24) is 5.32 Å². The lowest BCUT2D eigenvalue weighted by Crippen LogP contribution is -2.18. The van der Waals surface area contributed by atoms with Crippen molar-refractivity contribution in [2.24, 2.45) is 0 Å². The summed E-state index contributed by atoms with van der Waals surface area (Å²) in [6.45, 7) is 5.34. The summed E-state index contributed by atoms with van der Waals surface area (Å²) in [7, 11) is 1.63. The van der Waals surface area contributed by atoms with Crippen LogP contribution in [-0.4, -0.2) is 7.11 Å². The average molecular weight is 396 g/mol. The summed E-state index contributed by atoms with van der Waals surface area (Å²) in [5.74, 6) is 1.22. The van der Waals surface area contributed by atoms with Gasteiger partial charge < -0.3 is 14.8 Å². The zero-order valence-corrected chi connectivity index (χ0v) is 17.3. The lowest BCUT2D eigenvalue weighted by molar-refractivity contribution is 0.284. The Morgan fingerprint density at radius 3 is 2.46 bits per heavy atom. The number of ether oxygens (including phenoxy) is 2. The summed E-state index contributed by atoms with van der Waals surface area (Å²) in [6.07, 6.45) is 0. The van der Waals surface area contributed by atoms with E-state index in [0.717, 1.165) is 11.1 Å². The lowest BCUT2D eigenvalue weighted by atomic mass is 10.1. The second kappa shape index (κ2) is 9.63. The van der Waals surface area contributed by atoms with Crippen LogP contribution in [0.25, 0.3) is 0 Å². The molecule has 0 spiro atoms. The number of hydrogen-bond donors (Lipinski definition) is 1. The third-order valence-corrected chi connectivity index (χ3v) is 4.95. The van der Waals surface area contributed by atoms with Crippen molar-refractivity contribution < 1.29 is 9.47 Å². The molecule has 0 unspecified atom stereocenters. The van der Waals surface area contributed by atoms with Gasteiger partial charge in [0.25, 0.3) is 0 Å². The van der Waals surface area contributed by atoms with Gasteiger partial charge in [-0.1, -0.05) is 71.8 Å². The van der Waals surface area contributed by atoms with E-state index < -0.39 is 0 Å². The molecule has 0 aromatic heterocycles. The molecule has 1 N–H and O–H groups in total. The Morgan fingerprint density at radius 2 is 1.75 bits per heavy atom. The highest BCUT2D eigenvalue weighted by Crippen LogP contribution is 2.37. The van der Waals surface area contributed by atoms with E-state index in [0.29, 0.717) is 29.7 Å². The fourth-order valence-corrected chi connectivity index (χ4v) is 3.39. The molecule has 3 nitrogen and oxygen atoms in total. The van der Waals surface area contributed by atoms with Crippen LogP contribution in [0, 0.1) is 6.92 Å². The van der Waals surface area contributed by atoms with Gasteiger partial charge in [0.2, 0.25) is 0 Å². The molecule has 0 amide bonds. The van der Waals surface area contributed by atoms with Crippen molar-refractivity contribution in [1.29, 1.82) is 0 Å². The minimum absolute atomic E-state index is 0.239. The number of methoxy groups -OCH3 is 1. The molecular formula is C24H26ClNO2. The van der Waals surface area contributed by atoms with Crippen LogP contribution in [0.5, 0.6) is 11.5 Å². The molecule has 28 heavy (non-hydrogen) atoms. The molecule has 3 rings (SSSR count). The number of benzene rings is 3. The quantitative estimate of drug-likeness (QED) is 0.500. The molecule has 0 heterocycles. The van der Waals surface area contributed by atoms with E-state index in [4.69, 9.17) is 21.1 Å². The zero-order chi connectivity index (χ0) is 19.9. The molecule has 0 aliphatic rings. The highest BCUT2D eigenvalue weighted by molar-refractivity contribution is 6.32. The normalized spacial score (nSPS) is 11.9. The molecule has 0 radical (unpaired) electrons. The number of aryl methyl sites for hydroxylation is 1. The molecule has 0 bridgehead atoms. The molecule has 0 saturated carbocycles. The highest BCUT2D eigenvalue weighted by atomic mass is 35.5. The number of nitrogens with one attached hydrogen (secondary N) is 1. The number of rotatable bonds is 8. The van der Waals surface area contributed by atoms with Crippen LogP contribution < -0.4 is 14.8 Å². The van der Waals surface area contributed by atoms with E-state index >= 15 is 0 Å². The molecule has 0 aliphatic heterocycles. The summed E-state index contributed by atoms with van der Waals surface area (Å²) in [6, 6.07) is 22.7. The predicted molar refractivity (Wildman–Crippen MR) is 115 cm³/mol. The Hall–Kier alpha value is -2.49. The smallest absolute Gasteiger partial charge is 0.180 e.